The van der Waals surface area contributed by atoms with Crippen LogP contribution in [0.5, 0.6) is 0 Å². The molecule has 7 heteroatoms. The van der Waals surface area contributed by atoms with Crippen molar-refractivity contribution >= 4 is 16.9 Å². The Bertz CT molecular complexity index is 855. The van der Waals surface area contributed by atoms with Gasteiger partial charge in [0.05, 0.1) is 36.0 Å². The molecular weight excluding hydrogens is 306 g/mol. The summed E-state index contributed by atoms with van der Waals surface area (Å²) in [6.07, 6.45) is 1.69. The predicted molar refractivity (Wildman–Crippen MR) is 88.3 cm³/mol. The number of carbonyl (C=O) groups is 1. The van der Waals surface area contributed by atoms with Crippen LogP contribution in [0.3, 0.4) is 0 Å². The fourth-order valence-corrected chi connectivity index (χ4v) is 3.23. The molecule has 4 rings (SSSR count). The van der Waals surface area contributed by atoms with E-state index in [9.17, 15) is 4.79 Å². The minimum atomic E-state index is -0.121. The van der Waals surface area contributed by atoms with Gasteiger partial charge in [-0.25, -0.2) is 4.98 Å². The Kier molecular flexibility index (Phi) is 3.78. The Hall–Kier alpha value is -2.67. The van der Waals surface area contributed by atoms with Gasteiger partial charge in [-0.15, -0.1) is 0 Å². The van der Waals surface area contributed by atoms with E-state index in [0.29, 0.717) is 19.8 Å². The van der Waals surface area contributed by atoms with Gasteiger partial charge in [0.2, 0.25) is 5.91 Å². The first-order chi connectivity index (χ1) is 11.7. The molecule has 1 aromatic carbocycles. The number of fused-ring (bicyclic) bond motifs is 1. The van der Waals surface area contributed by atoms with E-state index in [2.05, 4.69) is 15.2 Å². The minimum absolute atomic E-state index is 0.0594. The lowest BCUT2D eigenvalue weighted by molar-refractivity contribution is -0.141. The number of aromatic amines is 1. The van der Waals surface area contributed by atoms with Crippen molar-refractivity contribution in [1.82, 2.24) is 24.6 Å². The second kappa shape index (κ2) is 6.09. The van der Waals surface area contributed by atoms with Crippen molar-refractivity contribution in [1.29, 1.82) is 0 Å². The van der Waals surface area contributed by atoms with Crippen molar-refractivity contribution in [3.8, 4) is 0 Å². The lowest BCUT2D eigenvalue weighted by Crippen LogP contribution is -2.45. The first-order valence-corrected chi connectivity index (χ1v) is 8.02. The molecule has 2 aromatic heterocycles. The van der Waals surface area contributed by atoms with Crippen LogP contribution in [0.2, 0.25) is 0 Å². The number of aryl methyl sites for hydroxylation is 1. The molecule has 124 valence electrons. The van der Waals surface area contributed by atoms with Gasteiger partial charge in [-0.1, -0.05) is 12.1 Å². The molecule has 7 nitrogen and oxygen atoms in total. The molecule has 1 N–H and O–H groups in total. The van der Waals surface area contributed by atoms with Crippen LogP contribution in [-0.2, 0) is 16.1 Å². The SMILES string of the molecule is Cc1nc2ccccc2n1CC(=O)N1CCOC[C@H]1c1ccn[nH]1. The normalized spacial score (nSPS) is 18.2. The predicted octanol–water partition coefficient (Wildman–Crippen LogP) is 1.67. The topological polar surface area (TPSA) is 76.0 Å². The number of morpholine rings is 1. The fourth-order valence-electron chi connectivity index (χ4n) is 3.23. The summed E-state index contributed by atoms with van der Waals surface area (Å²) in [7, 11) is 0. The Morgan fingerprint density at radius 2 is 2.25 bits per heavy atom. The standard InChI is InChI=1S/C17H19N5O2/c1-12-19-13-4-2-3-5-15(13)22(12)10-17(23)21-8-9-24-11-16(21)14-6-7-18-20-14/h2-7,16H,8-11H2,1H3,(H,18,20)/t16-/m0/s1. The van der Waals surface area contributed by atoms with Crippen molar-refractivity contribution in [3.63, 3.8) is 0 Å². The number of rotatable bonds is 3. The van der Waals surface area contributed by atoms with E-state index in [0.717, 1.165) is 22.6 Å². The lowest BCUT2D eigenvalue weighted by Gasteiger charge is -2.35. The van der Waals surface area contributed by atoms with Gasteiger partial charge < -0.3 is 14.2 Å². The Balaban J connectivity index is 1.61. The van der Waals surface area contributed by atoms with E-state index in [1.807, 2.05) is 46.7 Å². The zero-order valence-electron chi connectivity index (χ0n) is 13.5. The van der Waals surface area contributed by atoms with Gasteiger partial charge in [0.1, 0.15) is 12.4 Å². The van der Waals surface area contributed by atoms with Crippen molar-refractivity contribution < 1.29 is 9.53 Å². The maximum absolute atomic E-state index is 13.0. The molecule has 1 atom stereocenters. The van der Waals surface area contributed by atoms with Crippen LogP contribution in [0.25, 0.3) is 11.0 Å². The third-order valence-electron chi connectivity index (χ3n) is 4.47. The highest BCUT2D eigenvalue weighted by molar-refractivity contribution is 5.81. The maximum Gasteiger partial charge on any atom is 0.243 e. The van der Waals surface area contributed by atoms with Crippen molar-refractivity contribution in [2.45, 2.75) is 19.5 Å². The second-order valence-electron chi connectivity index (χ2n) is 5.92. The quantitative estimate of drug-likeness (QED) is 0.795. The third-order valence-corrected chi connectivity index (χ3v) is 4.47. The highest BCUT2D eigenvalue weighted by Gasteiger charge is 2.30. The lowest BCUT2D eigenvalue weighted by atomic mass is 10.1. The number of H-pyrrole nitrogens is 1. The second-order valence-corrected chi connectivity index (χ2v) is 5.92. The molecule has 1 amide bonds. The molecule has 0 aliphatic carbocycles. The van der Waals surface area contributed by atoms with Crippen LogP contribution in [0.1, 0.15) is 17.6 Å². The number of benzene rings is 1. The highest BCUT2D eigenvalue weighted by atomic mass is 16.5. The molecule has 1 fully saturated rings. The smallest absolute Gasteiger partial charge is 0.243 e. The minimum Gasteiger partial charge on any atom is -0.377 e. The van der Waals surface area contributed by atoms with Gasteiger partial charge >= 0.3 is 0 Å². The number of aromatic nitrogens is 4. The van der Waals surface area contributed by atoms with Crippen molar-refractivity contribution in [3.05, 3.63) is 48.0 Å². The number of hydrogen-bond donors (Lipinski definition) is 1. The van der Waals surface area contributed by atoms with Gasteiger partial charge in [-0.3, -0.25) is 9.89 Å². The first kappa shape index (κ1) is 14.9. The van der Waals surface area contributed by atoms with Gasteiger partial charge in [0, 0.05) is 12.7 Å². The summed E-state index contributed by atoms with van der Waals surface area (Å²) in [4.78, 5) is 19.4. The molecule has 3 aromatic rings. The number of imidazole rings is 1. The Labute approximate surface area is 139 Å². The van der Waals surface area contributed by atoms with E-state index < -0.39 is 0 Å². The summed E-state index contributed by atoms with van der Waals surface area (Å²) in [6.45, 7) is 3.82. The van der Waals surface area contributed by atoms with Gasteiger partial charge in [0.15, 0.2) is 0 Å². The molecule has 1 saturated heterocycles. The number of para-hydroxylation sites is 2. The molecule has 1 aliphatic heterocycles. The first-order valence-electron chi connectivity index (χ1n) is 8.02. The van der Waals surface area contributed by atoms with Crippen LogP contribution in [-0.4, -0.2) is 50.3 Å². The number of nitrogens with zero attached hydrogens (tertiary/aromatic N) is 4. The summed E-state index contributed by atoms with van der Waals surface area (Å²) in [5.74, 6) is 0.903. The largest absolute Gasteiger partial charge is 0.377 e. The van der Waals surface area contributed by atoms with Crippen LogP contribution in [0.15, 0.2) is 36.5 Å². The fraction of sp³-hybridized carbons (Fsp3) is 0.353. The molecule has 0 unspecified atom stereocenters. The monoisotopic (exact) mass is 325 g/mol. The summed E-state index contributed by atoms with van der Waals surface area (Å²) in [6, 6.07) is 9.64. The van der Waals surface area contributed by atoms with Crippen molar-refractivity contribution in [2.24, 2.45) is 0 Å². The maximum atomic E-state index is 13.0. The zero-order chi connectivity index (χ0) is 16.5. The third kappa shape index (κ3) is 2.56. The average molecular weight is 325 g/mol. The van der Waals surface area contributed by atoms with Crippen LogP contribution < -0.4 is 0 Å². The van der Waals surface area contributed by atoms with E-state index in [4.69, 9.17) is 4.74 Å². The zero-order valence-corrected chi connectivity index (χ0v) is 13.5. The summed E-state index contributed by atoms with van der Waals surface area (Å²) >= 11 is 0. The Morgan fingerprint density at radius 1 is 1.38 bits per heavy atom. The molecule has 0 spiro atoms. The van der Waals surface area contributed by atoms with E-state index >= 15 is 0 Å². The number of ether oxygens (including phenoxy) is 1. The van der Waals surface area contributed by atoms with Gasteiger partial charge in [-0.2, -0.15) is 5.10 Å². The average Bonchev–Trinajstić information content (AvgIpc) is 3.24. The highest BCUT2D eigenvalue weighted by Crippen LogP contribution is 2.23. The number of nitrogens with one attached hydrogen (secondary N) is 1. The molecule has 24 heavy (non-hydrogen) atoms. The Morgan fingerprint density at radius 3 is 3.08 bits per heavy atom. The number of amides is 1. The van der Waals surface area contributed by atoms with E-state index in [1.54, 1.807) is 6.20 Å². The number of hydrogen-bond acceptors (Lipinski definition) is 4. The van der Waals surface area contributed by atoms with Gasteiger partial charge in [0.25, 0.3) is 0 Å². The van der Waals surface area contributed by atoms with E-state index in [1.165, 1.54) is 0 Å². The molecule has 1 aliphatic rings. The van der Waals surface area contributed by atoms with Crippen LogP contribution in [0, 0.1) is 6.92 Å². The molecule has 0 radical (unpaired) electrons. The molecule has 3 heterocycles. The molecule has 0 saturated carbocycles. The van der Waals surface area contributed by atoms with E-state index in [-0.39, 0.29) is 18.5 Å². The van der Waals surface area contributed by atoms with Gasteiger partial charge in [-0.05, 0) is 25.1 Å². The van der Waals surface area contributed by atoms with Crippen LogP contribution in [0.4, 0.5) is 0 Å². The number of carbonyl (C=O) groups excluding carboxylic acids is 1. The molecule has 0 bridgehead atoms. The van der Waals surface area contributed by atoms with Crippen LogP contribution >= 0.6 is 0 Å². The summed E-state index contributed by atoms with van der Waals surface area (Å²) in [5, 5.41) is 6.94. The van der Waals surface area contributed by atoms with Crippen molar-refractivity contribution in [2.75, 3.05) is 19.8 Å². The summed E-state index contributed by atoms with van der Waals surface area (Å²) < 4.78 is 7.52. The summed E-state index contributed by atoms with van der Waals surface area (Å²) in [5.41, 5.74) is 2.79. The molecular formula is C17H19N5O2.